The Morgan fingerprint density at radius 3 is 2.93 bits per heavy atom. The van der Waals surface area contributed by atoms with Gasteiger partial charge < -0.3 is 10.8 Å². The number of rotatable bonds is 1. The van der Waals surface area contributed by atoms with Crippen molar-refractivity contribution in [2.24, 2.45) is 5.73 Å². The maximum absolute atomic E-state index is 11.2. The number of fused-ring (bicyclic) bond motifs is 1. The van der Waals surface area contributed by atoms with Crippen LogP contribution in [0.25, 0.3) is 0 Å². The van der Waals surface area contributed by atoms with Crippen LogP contribution in [0.2, 0.25) is 0 Å². The maximum atomic E-state index is 11.2. The van der Waals surface area contributed by atoms with Crippen LogP contribution in [0.3, 0.4) is 0 Å². The fraction of sp³-hybridized carbons (Fsp3) is 0.429. The van der Waals surface area contributed by atoms with Gasteiger partial charge in [-0.1, -0.05) is 0 Å². The number of amides is 1. The Balaban J connectivity index is 0.000000980. The van der Waals surface area contributed by atoms with Gasteiger partial charge in [-0.25, -0.2) is 4.79 Å². The monoisotopic (exact) mass is 236 g/mol. The second kappa shape index (κ2) is 3.80. The third-order valence-corrected chi connectivity index (χ3v) is 3.31. The van der Waals surface area contributed by atoms with Gasteiger partial charge in [0, 0.05) is 5.75 Å². The van der Waals surface area contributed by atoms with Crippen LogP contribution in [0.15, 0.2) is 11.8 Å². The van der Waals surface area contributed by atoms with E-state index in [9.17, 15) is 9.59 Å². The predicted molar refractivity (Wildman–Crippen MR) is 54.0 cm³/mol. The lowest BCUT2D eigenvalue weighted by molar-refractivity contribution is -0.147. The average molecular weight is 237 g/mol. The number of β-lactam (4-membered cyclic amide) rings is 1. The normalized spacial score (nSPS) is 29.6. The largest absolute Gasteiger partial charge is 0.477 e. The average Bonchev–Trinajstić information content (AvgIpc) is 2.15. The van der Waals surface area contributed by atoms with E-state index in [1.165, 1.54) is 22.7 Å². The summed E-state index contributed by atoms with van der Waals surface area (Å²) in [5.74, 6) is -0.763. The molecule has 2 aliphatic rings. The van der Waals surface area contributed by atoms with Gasteiger partial charge >= 0.3 is 5.97 Å². The highest BCUT2D eigenvalue weighted by Crippen LogP contribution is 2.36. The van der Waals surface area contributed by atoms with Crippen molar-refractivity contribution >= 4 is 36.0 Å². The molecule has 1 unspecified atom stereocenters. The SMILES string of the molecule is Cl.NC1C(=O)N2C(C(=O)O)=CCS[C@H]12. The molecule has 0 aliphatic carbocycles. The van der Waals surface area contributed by atoms with E-state index in [-0.39, 0.29) is 29.4 Å². The summed E-state index contributed by atoms with van der Waals surface area (Å²) in [7, 11) is 0. The summed E-state index contributed by atoms with van der Waals surface area (Å²) in [5.41, 5.74) is 5.57. The Labute approximate surface area is 90.7 Å². The fourth-order valence-corrected chi connectivity index (χ4v) is 2.58. The highest BCUT2D eigenvalue weighted by atomic mass is 35.5. The minimum atomic E-state index is -1.06. The zero-order valence-corrected chi connectivity index (χ0v) is 8.68. The van der Waals surface area contributed by atoms with Gasteiger partial charge in [-0.15, -0.1) is 24.2 Å². The Hall–Kier alpha value is -0.720. The number of carboxylic acids is 1. The molecule has 5 nitrogen and oxygen atoms in total. The van der Waals surface area contributed by atoms with E-state index in [1.807, 2.05) is 0 Å². The zero-order valence-electron chi connectivity index (χ0n) is 7.04. The van der Waals surface area contributed by atoms with E-state index >= 15 is 0 Å². The molecule has 7 heteroatoms. The van der Waals surface area contributed by atoms with Gasteiger partial charge in [-0.3, -0.25) is 9.69 Å². The van der Waals surface area contributed by atoms with E-state index in [0.29, 0.717) is 5.75 Å². The van der Waals surface area contributed by atoms with Crippen molar-refractivity contribution in [3.63, 3.8) is 0 Å². The number of halogens is 1. The number of carbonyl (C=O) groups excluding carboxylic acids is 1. The highest BCUT2D eigenvalue weighted by molar-refractivity contribution is 8.00. The Bertz CT molecular complexity index is 320. The predicted octanol–water partition coefficient (Wildman–Crippen LogP) is -0.381. The molecule has 0 aromatic heterocycles. The van der Waals surface area contributed by atoms with Crippen LogP contribution in [0.5, 0.6) is 0 Å². The molecule has 0 aromatic rings. The summed E-state index contributed by atoms with van der Waals surface area (Å²) < 4.78 is 0. The van der Waals surface area contributed by atoms with Crippen molar-refractivity contribution in [3.05, 3.63) is 11.8 Å². The van der Waals surface area contributed by atoms with E-state index < -0.39 is 12.0 Å². The van der Waals surface area contributed by atoms with Crippen molar-refractivity contribution in [1.29, 1.82) is 0 Å². The van der Waals surface area contributed by atoms with E-state index in [1.54, 1.807) is 0 Å². The molecule has 0 spiro atoms. The quantitative estimate of drug-likeness (QED) is 0.607. The molecule has 1 fully saturated rings. The van der Waals surface area contributed by atoms with Gasteiger partial charge in [0.2, 0.25) is 5.91 Å². The summed E-state index contributed by atoms with van der Waals surface area (Å²) >= 11 is 1.49. The maximum Gasteiger partial charge on any atom is 0.352 e. The van der Waals surface area contributed by atoms with Gasteiger partial charge in [0.25, 0.3) is 0 Å². The lowest BCUT2D eigenvalue weighted by Crippen LogP contribution is -2.68. The number of thioether (sulfide) groups is 1. The van der Waals surface area contributed by atoms with Crippen molar-refractivity contribution in [2.45, 2.75) is 11.4 Å². The van der Waals surface area contributed by atoms with Gasteiger partial charge in [0.1, 0.15) is 17.1 Å². The summed E-state index contributed by atoms with van der Waals surface area (Å²) in [6, 6.07) is -0.534. The molecule has 1 saturated heterocycles. The van der Waals surface area contributed by atoms with E-state index in [2.05, 4.69) is 0 Å². The summed E-state index contributed by atoms with van der Waals surface area (Å²) in [6.45, 7) is 0. The molecular weight excluding hydrogens is 228 g/mol. The third kappa shape index (κ3) is 1.39. The van der Waals surface area contributed by atoms with Crippen molar-refractivity contribution in [2.75, 3.05) is 5.75 Å². The molecule has 2 aliphatic heterocycles. The third-order valence-electron chi connectivity index (χ3n) is 2.11. The first-order chi connectivity index (χ1) is 6.13. The molecule has 2 heterocycles. The summed E-state index contributed by atoms with van der Waals surface area (Å²) in [4.78, 5) is 23.1. The molecule has 3 N–H and O–H groups in total. The highest BCUT2D eigenvalue weighted by Gasteiger charge is 2.49. The van der Waals surface area contributed by atoms with Gasteiger partial charge in [-0.05, 0) is 6.08 Å². The Morgan fingerprint density at radius 2 is 2.36 bits per heavy atom. The number of hydrogen-bond donors (Lipinski definition) is 2. The molecule has 78 valence electrons. The first kappa shape index (κ1) is 11.4. The van der Waals surface area contributed by atoms with Crippen molar-refractivity contribution in [3.8, 4) is 0 Å². The minimum Gasteiger partial charge on any atom is -0.477 e. The molecule has 0 aromatic carbocycles. The van der Waals surface area contributed by atoms with Gasteiger partial charge in [0.15, 0.2) is 0 Å². The van der Waals surface area contributed by atoms with Crippen LogP contribution < -0.4 is 5.73 Å². The first-order valence-electron chi connectivity index (χ1n) is 3.76. The van der Waals surface area contributed by atoms with E-state index in [0.717, 1.165) is 0 Å². The first-order valence-corrected chi connectivity index (χ1v) is 4.81. The minimum absolute atomic E-state index is 0. The van der Waals surface area contributed by atoms with Crippen LogP contribution in [0, 0.1) is 0 Å². The summed E-state index contributed by atoms with van der Waals surface area (Å²) in [5, 5.41) is 8.57. The van der Waals surface area contributed by atoms with Crippen molar-refractivity contribution in [1.82, 2.24) is 4.90 Å². The van der Waals surface area contributed by atoms with Crippen LogP contribution in [-0.4, -0.2) is 39.1 Å². The van der Waals surface area contributed by atoms with Crippen LogP contribution in [-0.2, 0) is 9.59 Å². The Morgan fingerprint density at radius 1 is 1.71 bits per heavy atom. The lowest BCUT2D eigenvalue weighted by Gasteiger charge is -2.46. The van der Waals surface area contributed by atoms with E-state index in [4.69, 9.17) is 10.8 Å². The van der Waals surface area contributed by atoms with Crippen LogP contribution >= 0.6 is 24.2 Å². The lowest BCUT2D eigenvalue weighted by atomic mass is 10.1. The number of carboxylic acid groups (broad SMARTS) is 1. The molecule has 0 radical (unpaired) electrons. The van der Waals surface area contributed by atoms with Crippen LogP contribution in [0.1, 0.15) is 0 Å². The number of aliphatic carboxylic acids is 1. The summed E-state index contributed by atoms with van der Waals surface area (Å²) in [6.07, 6.45) is 1.54. The van der Waals surface area contributed by atoms with Crippen molar-refractivity contribution < 1.29 is 14.7 Å². The standard InChI is InChI=1S/C7H8N2O3S.ClH/c8-4-5(10)9-3(7(11)12)1-2-13-6(4)9;/h1,4,6H,2,8H2,(H,11,12);1H/t4?,6-;/m1./s1. The number of nitrogens with two attached hydrogens (primary N) is 1. The number of carbonyl (C=O) groups is 2. The van der Waals surface area contributed by atoms with Crippen LogP contribution in [0.4, 0.5) is 0 Å². The molecule has 14 heavy (non-hydrogen) atoms. The smallest absolute Gasteiger partial charge is 0.352 e. The number of nitrogens with zero attached hydrogens (tertiary/aromatic N) is 1. The molecule has 2 rings (SSSR count). The molecule has 2 atom stereocenters. The Kier molecular flexibility index (Phi) is 3.08. The van der Waals surface area contributed by atoms with Gasteiger partial charge in [-0.2, -0.15) is 0 Å². The second-order valence-corrected chi connectivity index (χ2v) is 4.00. The fourth-order valence-electron chi connectivity index (χ4n) is 1.43. The molecule has 0 bridgehead atoms. The zero-order chi connectivity index (χ0) is 9.59. The number of hydrogen-bond acceptors (Lipinski definition) is 4. The molecule has 0 saturated carbocycles. The second-order valence-electron chi connectivity index (χ2n) is 2.85. The molecule has 1 amide bonds. The topological polar surface area (TPSA) is 83.6 Å². The van der Waals surface area contributed by atoms with Gasteiger partial charge in [0.05, 0.1) is 0 Å². The molecular formula is C7H9ClN2O3S.